The number of carbonyl (C=O) groups excluding carboxylic acids is 1. The number of halogens is 3. The molecule has 1 aliphatic carbocycles. The Morgan fingerprint density at radius 1 is 1.13 bits per heavy atom. The number of hydrogen-bond donors (Lipinski definition) is 1. The van der Waals surface area contributed by atoms with E-state index in [9.17, 15) is 13.6 Å². The van der Waals surface area contributed by atoms with Gasteiger partial charge in [-0.05, 0) is 0 Å². The molecule has 1 aliphatic rings. The Bertz CT molecular complexity index is 876. The molecule has 1 amide bonds. The summed E-state index contributed by atoms with van der Waals surface area (Å²) in [5.74, 6) is -0.437. The molecule has 1 atom stereocenters. The molecule has 0 bridgehead atoms. The van der Waals surface area contributed by atoms with Crippen molar-refractivity contribution in [2.75, 3.05) is 19.0 Å². The second kappa shape index (κ2) is 11.1. The number of amides is 1. The van der Waals surface area contributed by atoms with Crippen LogP contribution >= 0.6 is 12.4 Å². The van der Waals surface area contributed by atoms with E-state index >= 15 is 0 Å². The van der Waals surface area contributed by atoms with E-state index in [0.717, 1.165) is 55.9 Å². The van der Waals surface area contributed by atoms with Crippen LogP contribution in [0.1, 0.15) is 48.8 Å². The monoisotopic (exact) mass is 500 g/mol. The molecule has 0 spiro atoms. The first-order chi connectivity index (χ1) is 13.9. The largest absolute Gasteiger partial charge is 0.147 e. The number of rotatable bonds is 6. The SMILES string of the molecule is CCc1nc([AsH][C@H]2CC[C@@H](NC(=O)c3ccc(F)c(F)c3)CC2)cc(N(C)C)n1.Cl. The molecule has 0 radical (unpaired) electrons. The Balaban J connectivity index is 0.00000320. The van der Waals surface area contributed by atoms with Crippen LogP contribution in [0.15, 0.2) is 24.3 Å². The molecule has 1 unspecified atom stereocenters. The van der Waals surface area contributed by atoms with Crippen LogP contribution in [0.4, 0.5) is 14.6 Å². The van der Waals surface area contributed by atoms with Crippen molar-refractivity contribution >= 4 is 44.4 Å². The summed E-state index contributed by atoms with van der Waals surface area (Å²) in [4.78, 5) is 23.6. The maximum atomic E-state index is 13.3. The summed E-state index contributed by atoms with van der Waals surface area (Å²) in [5, 5.41) is 2.96. The van der Waals surface area contributed by atoms with Gasteiger partial charge in [0.15, 0.2) is 0 Å². The van der Waals surface area contributed by atoms with Gasteiger partial charge in [-0.25, -0.2) is 0 Å². The molecular formula is C21H28AsClF2N4O. The third kappa shape index (κ3) is 6.39. The number of nitrogens with zero attached hydrogens (tertiary/aromatic N) is 3. The molecule has 1 N–H and O–H groups in total. The Morgan fingerprint density at radius 2 is 1.83 bits per heavy atom. The van der Waals surface area contributed by atoms with Gasteiger partial charge in [0.1, 0.15) is 0 Å². The predicted octanol–water partition coefficient (Wildman–Crippen LogP) is 3.03. The Kier molecular flexibility index (Phi) is 9.05. The fourth-order valence-electron chi connectivity index (χ4n) is 3.44. The zero-order valence-corrected chi connectivity index (χ0v) is 20.3. The summed E-state index contributed by atoms with van der Waals surface area (Å²) in [7, 11) is 3.98. The predicted molar refractivity (Wildman–Crippen MR) is 120 cm³/mol. The third-order valence-electron chi connectivity index (χ3n) is 5.13. The molecule has 0 saturated heterocycles. The van der Waals surface area contributed by atoms with E-state index in [1.807, 2.05) is 19.0 Å². The maximum Gasteiger partial charge on any atom is -0.147 e. The average Bonchev–Trinajstić information content (AvgIpc) is 2.71. The Hall–Kier alpha value is -1.72. The number of anilines is 1. The molecule has 1 fully saturated rings. The van der Waals surface area contributed by atoms with Crippen molar-refractivity contribution in [1.82, 2.24) is 15.3 Å². The summed E-state index contributed by atoms with van der Waals surface area (Å²) in [6.45, 7) is 2.07. The van der Waals surface area contributed by atoms with E-state index in [0.29, 0.717) is 4.71 Å². The van der Waals surface area contributed by atoms with Gasteiger partial charge in [0.05, 0.1) is 0 Å². The first-order valence-electron chi connectivity index (χ1n) is 9.93. The molecule has 1 aromatic carbocycles. The number of aromatic nitrogens is 2. The van der Waals surface area contributed by atoms with E-state index in [1.165, 1.54) is 10.5 Å². The van der Waals surface area contributed by atoms with Gasteiger partial charge in [0, 0.05) is 0 Å². The second-order valence-corrected chi connectivity index (χ2v) is 11.0. The van der Waals surface area contributed by atoms with E-state index in [2.05, 4.69) is 23.3 Å². The van der Waals surface area contributed by atoms with E-state index in [-0.39, 0.29) is 45.7 Å². The van der Waals surface area contributed by atoms with Crippen molar-refractivity contribution < 1.29 is 13.6 Å². The first kappa shape index (κ1) is 24.5. The maximum absolute atomic E-state index is 13.3. The van der Waals surface area contributed by atoms with Crippen LogP contribution in [0, 0.1) is 11.6 Å². The van der Waals surface area contributed by atoms with Crippen LogP contribution in [0.3, 0.4) is 0 Å². The van der Waals surface area contributed by atoms with E-state index < -0.39 is 11.6 Å². The summed E-state index contributed by atoms with van der Waals surface area (Å²) in [6, 6.07) is 5.43. The van der Waals surface area contributed by atoms with Gasteiger partial charge >= 0.3 is 177 Å². The fraction of sp³-hybridized carbons (Fsp3) is 0.476. The van der Waals surface area contributed by atoms with Crippen molar-refractivity contribution in [2.45, 2.75) is 49.8 Å². The minimum absolute atomic E-state index is 0. The minimum atomic E-state index is -1.000. The van der Waals surface area contributed by atoms with Gasteiger partial charge in [-0.1, -0.05) is 0 Å². The van der Waals surface area contributed by atoms with E-state index in [4.69, 9.17) is 4.98 Å². The molecular weight excluding hydrogens is 473 g/mol. The van der Waals surface area contributed by atoms with Crippen molar-refractivity contribution in [3.8, 4) is 0 Å². The summed E-state index contributed by atoms with van der Waals surface area (Å²) in [5.41, 5.74) is 0.156. The van der Waals surface area contributed by atoms with E-state index in [1.54, 1.807) is 0 Å². The first-order valence-corrected chi connectivity index (χ1v) is 12.2. The number of hydrogen-bond acceptors (Lipinski definition) is 4. The molecule has 9 heteroatoms. The molecule has 1 saturated carbocycles. The molecule has 5 nitrogen and oxygen atoms in total. The second-order valence-electron chi connectivity index (χ2n) is 7.57. The summed E-state index contributed by atoms with van der Waals surface area (Å²) < 4.78 is 28.2. The summed E-state index contributed by atoms with van der Waals surface area (Å²) in [6.07, 6.45) is 4.71. The molecule has 30 heavy (non-hydrogen) atoms. The standard InChI is InChI=1S/C21H27AsF2N4O.ClH/c1-4-19-26-18(12-20(27-19)28(2)3)22-14-6-8-15(9-7-14)25-21(29)13-5-10-16(23)17(24)11-13;/h5,10-12,14-15,22H,4,6-9H2,1-3H3,(H,25,29);1H/t14-,15+;. The van der Waals surface area contributed by atoms with Crippen LogP contribution in [-0.2, 0) is 6.42 Å². The van der Waals surface area contributed by atoms with Crippen LogP contribution in [-0.4, -0.2) is 51.8 Å². The quantitative estimate of drug-likeness (QED) is 0.620. The Morgan fingerprint density at radius 3 is 2.43 bits per heavy atom. The molecule has 1 aromatic heterocycles. The molecule has 164 valence electrons. The number of benzene rings is 1. The zero-order valence-electron chi connectivity index (χ0n) is 17.4. The van der Waals surface area contributed by atoms with Crippen LogP contribution in [0.2, 0.25) is 4.71 Å². The number of nitrogens with one attached hydrogen (secondary N) is 1. The normalized spacial score (nSPS) is 18.8. The van der Waals surface area contributed by atoms with Crippen LogP contribution in [0.25, 0.3) is 0 Å². The molecule has 0 aliphatic heterocycles. The Labute approximate surface area is 189 Å². The fourth-order valence-corrected chi connectivity index (χ4v) is 6.48. The smallest absolute Gasteiger partial charge is 0.147 e. The van der Waals surface area contributed by atoms with Crippen molar-refractivity contribution in [3.63, 3.8) is 0 Å². The van der Waals surface area contributed by atoms with Gasteiger partial charge in [0.2, 0.25) is 0 Å². The third-order valence-corrected chi connectivity index (χ3v) is 8.36. The topological polar surface area (TPSA) is 58.1 Å². The van der Waals surface area contributed by atoms with Crippen molar-refractivity contribution in [1.29, 1.82) is 0 Å². The van der Waals surface area contributed by atoms with Gasteiger partial charge in [-0.2, -0.15) is 0 Å². The molecule has 3 rings (SSSR count). The van der Waals surface area contributed by atoms with Gasteiger partial charge in [0.25, 0.3) is 0 Å². The number of carbonyl (C=O) groups is 1. The van der Waals surface area contributed by atoms with Gasteiger partial charge in [-0.3, -0.25) is 0 Å². The molecule has 2 aromatic rings. The number of aryl methyl sites for hydroxylation is 1. The van der Waals surface area contributed by atoms with Gasteiger partial charge in [-0.15, -0.1) is 12.4 Å². The average molecular weight is 501 g/mol. The van der Waals surface area contributed by atoms with Crippen LogP contribution < -0.4 is 14.7 Å². The summed E-state index contributed by atoms with van der Waals surface area (Å²) >= 11 is -0.390. The minimum Gasteiger partial charge on any atom is -0.147 e. The van der Waals surface area contributed by atoms with Crippen LogP contribution in [0.5, 0.6) is 0 Å². The van der Waals surface area contributed by atoms with Crippen molar-refractivity contribution in [2.24, 2.45) is 0 Å². The van der Waals surface area contributed by atoms with Gasteiger partial charge < -0.3 is 0 Å². The zero-order chi connectivity index (χ0) is 21.0. The van der Waals surface area contributed by atoms with Crippen molar-refractivity contribution in [3.05, 3.63) is 47.3 Å². The molecule has 1 heterocycles.